The summed E-state index contributed by atoms with van der Waals surface area (Å²) < 4.78 is 23.5. The molecule has 0 radical (unpaired) electrons. The molecule has 3 aromatic carbocycles. The van der Waals surface area contributed by atoms with Crippen molar-refractivity contribution in [2.75, 3.05) is 27.4 Å². The van der Waals surface area contributed by atoms with Crippen molar-refractivity contribution >= 4 is 28.3 Å². The van der Waals surface area contributed by atoms with Crippen LogP contribution in [0, 0.1) is 0 Å². The summed E-state index contributed by atoms with van der Waals surface area (Å²) in [7, 11) is 3.30. The van der Waals surface area contributed by atoms with Crippen molar-refractivity contribution in [1.29, 1.82) is 0 Å². The molecule has 3 rings (SSSR count). The van der Waals surface area contributed by atoms with Gasteiger partial charge in [0.25, 0.3) is 0 Å². The predicted octanol–water partition coefficient (Wildman–Crippen LogP) is 6.20. The number of rotatable bonds is 12. The fourth-order valence-corrected chi connectivity index (χ4v) is 3.96. The van der Waals surface area contributed by atoms with Crippen molar-refractivity contribution in [2.24, 2.45) is 0 Å². The Kier molecular flexibility index (Phi) is 11.4. The van der Waals surface area contributed by atoms with Crippen LogP contribution in [0.25, 0.3) is 0 Å². The Morgan fingerprint density at radius 2 is 1.52 bits per heavy atom. The van der Waals surface area contributed by atoms with Crippen LogP contribution in [-0.4, -0.2) is 27.4 Å². The zero-order chi connectivity index (χ0) is 22.8. The lowest BCUT2D eigenvalue weighted by atomic mass is 10.1. The second-order valence-electron chi connectivity index (χ2n) is 7.23. The molecule has 5 nitrogen and oxygen atoms in total. The van der Waals surface area contributed by atoms with Crippen molar-refractivity contribution in [3.8, 4) is 23.0 Å². The highest BCUT2D eigenvalue weighted by atomic mass is 79.9. The Morgan fingerprint density at radius 3 is 2.21 bits per heavy atom. The van der Waals surface area contributed by atoms with Gasteiger partial charge in [-0.25, -0.2) is 0 Å². The van der Waals surface area contributed by atoms with Gasteiger partial charge < -0.3 is 24.3 Å². The molecule has 0 aliphatic carbocycles. The van der Waals surface area contributed by atoms with Crippen molar-refractivity contribution < 1.29 is 18.9 Å². The lowest BCUT2D eigenvalue weighted by Crippen LogP contribution is -2.17. The zero-order valence-electron chi connectivity index (χ0n) is 19.2. The average Bonchev–Trinajstić information content (AvgIpc) is 2.82. The fourth-order valence-electron chi connectivity index (χ4n) is 3.36. The first-order chi connectivity index (χ1) is 15.6. The summed E-state index contributed by atoms with van der Waals surface area (Å²) in [5.41, 5.74) is 3.43. The summed E-state index contributed by atoms with van der Waals surface area (Å²) in [5.74, 6) is 2.97. The lowest BCUT2D eigenvalue weighted by molar-refractivity contribution is 0.267. The van der Waals surface area contributed by atoms with E-state index in [9.17, 15) is 0 Å². The number of benzene rings is 3. The van der Waals surface area contributed by atoms with Crippen LogP contribution in [0.4, 0.5) is 0 Å². The minimum atomic E-state index is 0. The topological polar surface area (TPSA) is 49.0 Å². The molecule has 0 saturated carbocycles. The number of hydrogen-bond donors (Lipinski definition) is 1. The summed E-state index contributed by atoms with van der Waals surface area (Å²) in [6.45, 7) is 4.60. The van der Waals surface area contributed by atoms with E-state index < -0.39 is 0 Å². The molecule has 0 aliphatic heterocycles. The number of nitrogens with one attached hydrogen (secondary N) is 1. The number of ether oxygens (including phenoxy) is 4. The van der Waals surface area contributed by atoms with Crippen LogP contribution in [-0.2, 0) is 19.6 Å². The van der Waals surface area contributed by atoms with Gasteiger partial charge in [-0.15, -0.1) is 12.4 Å². The maximum atomic E-state index is 6.07. The van der Waals surface area contributed by atoms with E-state index in [0.29, 0.717) is 13.2 Å². The largest absolute Gasteiger partial charge is 0.493 e. The number of methoxy groups -OCH3 is 2. The van der Waals surface area contributed by atoms with Gasteiger partial charge in [-0.2, -0.15) is 0 Å². The van der Waals surface area contributed by atoms with Crippen molar-refractivity contribution in [2.45, 2.75) is 26.5 Å². The van der Waals surface area contributed by atoms with Crippen LogP contribution in [0.2, 0.25) is 0 Å². The quantitative estimate of drug-likeness (QED) is 0.279. The molecule has 0 fully saturated rings. The molecule has 7 heteroatoms. The van der Waals surface area contributed by atoms with Crippen molar-refractivity contribution in [1.82, 2.24) is 5.32 Å². The van der Waals surface area contributed by atoms with E-state index in [0.717, 1.165) is 58.1 Å². The summed E-state index contributed by atoms with van der Waals surface area (Å²) >= 11 is 3.66. The minimum absolute atomic E-state index is 0. The summed E-state index contributed by atoms with van der Waals surface area (Å²) in [6, 6.07) is 20.2. The first kappa shape index (κ1) is 26.8. The number of halogens is 2. The van der Waals surface area contributed by atoms with Gasteiger partial charge in [-0.3, -0.25) is 0 Å². The van der Waals surface area contributed by atoms with E-state index >= 15 is 0 Å². The van der Waals surface area contributed by atoms with Crippen molar-refractivity contribution in [3.63, 3.8) is 0 Å². The fraction of sp³-hybridized carbons (Fsp3) is 0.308. The van der Waals surface area contributed by atoms with Crippen molar-refractivity contribution in [3.05, 3.63) is 81.8 Å². The molecule has 178 valence electrons. The third kappa shape index (κ3) is 7.84. The van der Waals surface area contributed by atoms with Gasteiger partial charge in [0.15, 0.2) is 23.0 Å². The molecule has 0 aliphatic rings. The van der Waals surface area contributed by atoms with Gasteiger partial charge in [-0.1, -0.05) is 36.4 Å². The van der Waals surface area contributed by atoms with E-state index in [4.69, 9.17) is 18.9 Å². The molecule has 0 unspecified atom stereocenters. The third-order valence-corrected chi connectivity index (χ3v) is 5.55. The standard InChI is InChI=1S/C26H30BrNO4.ClH/c1-4-31-25-16-21(14-22(27)26(25)32-18-20-8-6-5-7-9-20)17-28-13-12-19-10-11-23(29-2)24(15-19)30-3;/h5-11,14-16,28H,4,12-13,17-18H2,1-3H3;1H. The molecule has 0 amide bonds. The van der Waals surface area contributed by atoms with Gasteiger partial charge >= 0.3 is 0 Å². The first-order valence-electron chi connectivity index (χ1n) is 10.7. The van der Waals surface area contributed by atoms with Crippen LogP contribution >= 0.6 is 28.3 Å². The molecule has 33 heavy (non-hydrogen) atoms. The Hall–Kier alpha value is -2.41. The molecular formula is C26H31BrClNO4. The molecule has 0 spiro atoms. The van der Waals surface area contributed by atoms with Crippen LogP contribution in [0.1, 0.15) is 23.6 Å². The summed E-state index contributed by atoms with van der Waals surface area (Å²) in [6.07, 6.45) is 0.887. The zero-order valence-corrected chi connectivity index (χ0v) is 21.6. The number of hydrogen-bond acceptors (Lipinski definition) is 5. The molecule has 0 heterocycles. The molecule has 1 N–H and O–H groups in total. The first-order valence-corrected chi connectivity index (χ1v) is 11.5. The van der Waals surface area contributed by atoms with E-state index in [-0.39, 0.29) is 12.4 Å². The highest BCUT2D eigenvalue weighted by molar-refractivity contribution is 9.10. The molecule has 0 atom stereocenters. The van der Waals surface area contributed by atoms with Crippen LogP contribution in [0.15, 0.2) is 65.1 Å². The second-order valence-corrected chi connectivity index (χ2v) is 8.08. The van der Waals surface area contributed by atoms with Crippen LogP contribution < -0.4 is 24.3 Å². The minimum Gasteiger partial charge on any atom is -0.493 e. The molecular weight excluding hydrogens is 506 g/mol. The van der Waals surface area contributed by atoms with Gasteiger partial charge in [0.1, 0.15) is 6.61 Å². The van der Waals surface area contributed by atoms with E-state index in [1.54, 1.807) is 14.2 Å². The van der Waals surface area contributed by atoms with Gasteiger partial charge in [0.2, 0.25) is 0 Å². The average molecular weight is 537 g/mol. The van der Waals surface area contributed by atoms with Crippen LogP contribution in [0.3, 0.4) is 0 Å². The highest BCUT2D eigenvalue weighted by Gasteiger charge is 2.13. The maximum absolute atomic E-state index is 6.07. The highest BCUT2D eigenvalue weighted by Crippen LogP contribution is 2.37. The smallest absolute Gasteiger partial charge is 0.175 e. The second kappa shape index (κ2) is 14.0. The van der Waals surface area contributed by atoms with Gasteiger partial charge in [0, 0.05) is 6.54 Å². The Bertz CT molecular complexity index is 1000. The third-order valence-electron chi connectivity index (χ3n) is 4.96. The van der Waals surface area contributed by atoms with Gasteiger partial charge in [0.05, 0.1) is 25.3 Å². The lowest BCUT2D eigenvalue weighted by Gasteiger charge is -2.16. The Morgan fingerprint density at radius 1 is 0.788 bits per heavy atom. The Labute approximate surface area is 210 Å². The monoisotopic (exact) mass is 535 g/mol. The summed E-state index contributed by atoms with van der Waals surface area (Å²) in [4.78, 5) is 0. The SMILES string of the molecule is CCOc1cc(CNCCc2ccc(OC)c(OC)c2)cc(Br)c1OCc1ccccc1.Cl. The van der Waals surface area contributed by atoms with E-state index in [1.807, 2.05) is 55.5 Å². The van der Waals surface area contributed by atoms with Crippen LogP contribution in [0.5, 0.6) is 23.0 Å². The Balaban J connectivity index is 0.00000385. The molecule has 3 aromatic rings. The van der Waals surface area contributed by atoms with E-state index in [1.165, 1.54) is 5.56 Å². The molecule has 0 saturated heterocycles. The molecule has 0 bridgehead atoms. The van der Waals surface area contributed by atoms with Gasteiger partial charge in [-0.05, 0) is 76.8 Å². The normalized spacial score (nSPS) is 10.3. The van der Waals surface area contributed by atoms with E-state index in [2.05, 4.69) is 33.4 Å². The molecule has 0 aromatic heterocycles. The predicted molar refractivity (Wildman–Crippen MR) is 138 cm³/mol. The maximum Gasteiger partial charge on any atom is 0.175 e. The summed E-state index contributed by atoms with van der Waals surface area (Å²) in [5, 5.41) is 3.50.